The van der Waals surface area contributed by atoms with Gasteiger partial charge in [0.05, 0.1) is 4.92 Å². The number of nitro benzene ring substituents is 1. The molecule has 0 bridgehead atoms. The van der Waals surface area contributed by atoms with Crippen molar-refractivity contribution in [1.29, 1.82) is 0 Å². The molecule has 0 atom stereocenters. The van der Waals surface area contributed by atoms with Gasteiger partial charge in [0.15, 0.2) is 0 Å². The maximum absolute atomic E-state index is 12.5. The van der Waals surface area contributed by atoms with E-state index < -0.39 is 4.92 Å². The molecule has 0 aliphatic carbocycles. The van der Waals surface area contributed by atoms with Crippen LogP contribution < -0.4 is 0 Å². The number of carbonyl (C=O) groups excluding carboxylic acids is 1. The average Bonchev–Trinajstić information content (AvgIpc) is 2.73. The lowest BCUT2D eigenvalue weighted by molar-refractivity contribution is -0.384. The van der Waals surface area contributed by atoms with Crippen LogP contribution in [0.2, 0.25) is 0 Å². The van der Waals surface area contributed by atoms with Gasteiger partial charge in [0.1, 0.15) is 0 Å². The Morgan fingerprint density at radius 1 is 1.29 bits per heavy atom. The molecule has 0 N–H and O–H groups in total. The van der Waals surface area contributed by atoms with Crippen LogP contribution >= 0.6 is 15.9 Å². The SMILES string of the molecule is O=C(c1cccc([N+](=O)[O-])c1)N1CCCN(CCBr)CC1. The molecule has 1 aromatic carbocycles. The summed E-state index contributed by atoms with van der Waals surface area (Å²) >= 11 is 3.43. The van der Waals surface area contributed by atoms with Gasteiger partial charge in [-0.3, -0.25) is 14.9 Å². The number of alkyl halides is 1. The fourth-order valence-electron chi connectivity index (χ4n) is 2.45. The molecule has 2 rings (SSSR count). The second-order valence-electron chi connectivity index (χ2n) is 4.98. The van der Waals surface area contributed by atoms with Crippen LogP contribution in [-0.2, 0) is 0 Å². The molecule has 1 saturated heterocycles. The van der Waals surface area contributed by atoms with E-state index in [9.17, 15) is 14.9 Å². The van der Waals surface area contributed by atoms with Crippen LogP contribution in [0.1, 0.15) is 16.8 Å². The van der Waals surface area contributed by atoms with Crippen LogP contribution in [0.15, 0.2) is 24.3 Å². The van der Waals surface area contributed by atoms with Gasteiger partial charge in [-0.15, -0.1) is 0 Å². The van der Waals surface area contributed by atoms with E-state index in [2.05, 4.69) is 20.8 Å². The summed E-state index contributed by atoms with van der Waals surface area (Å²) in [7, 11) is 0. The van der Waals surface area contributed by atoms with E-state index in [0.717, 1.165) is 31.4 Å². The Hall–Kier alpha value is -1.47. The molecule has 114 valence electrons. The zero-order chi connectivity index (χ0) is 15.2. The quantitative estimate of drug-likeness (QED) is 0.471. The topological polar surface area (TPSA) is 66.7 Å². The molecule has 0 unspecified atom stereocenters. The van der Waals surface area contributed by atoms with Crippen molar-refractivity contribution in [3.05, 3.63) is 39.9 Å². The number of hydrogen-bond acceptors (Lipinski definition) is 4. The Labute approximate surface area is 132 Å². The normalized spacial score (nSPS) is 16.5. The molecule has 0 aromatic heterocycles. The zero-order valence-electron chi connectivity index (χ0n) is 11.7. The minimum absolute atomic E-state index is 0.0448. The first-order valence-corrected chi connectivity index (χ1v) is 8.06. The smallest absolute Gasteiger partial charge is 0.270 e. The predicted molar refractivity (Wildman–Crippen MR) is 83.9 cm³/mol. The minimum Gasteiger partial charge on any atom is -0.337 e. The van der Waals surface area contributed by atoms with Gasteiger partial charge >= 0.3 is 0 Å². The Morgan fingerprint density at radius 3 is 2.81 bits per heavy atom. The number of nitrogens with zero attached hydrogens (tertiary/aromatic N) is 3. The fourth-order valence-corrected chi connectivity index (χ4v) is 2.95. The first-order chi connectivity index (χ1) is 10.1. The summed E-state index contributed by atoms with van der Waals surface area (Å²) in [5.74, 6) is -0.126. The standard InChI is InChI=1S/C14H18BrN3O3/c15-5-8-16-6-2-7-17(10-9-16)14(19)12-3-1-4-13(11-12)18(20)21/h1,3-4,11H,2,5-10H2. The van der Waals surface area contributed by atoms with Gasteiger partial charge in [0.25, 0.3) is 11.6 Å². The van der Waals surface area contributed by atoms with E-state index in [0.29, 0.717) is 18.7 Å². The second kappa shape index (κ2) is 7.51. The first-order valence-electron chi connectivity index (χ1n) is 6.94. The Bertz CT molecular complexity index is 524. The van der Waals surface area contributed by atoms with Gasteiger partial charge in [-0.25, -0.2) is 0 Å². The molecule has 7 heteroatoms. The summed E-state index contributed by atoms with van der Waals surface area (Å²) in [4.78, 5) is 26.9. The van der Waals surface area contributed by atoms with Crippen molar-refractivity contribution in [1.82, 2.24) is 9.80 Å². The number of benzene rings is 1. The van der Waals surface area contributed by atoms with E-state index in [1.54, 1.807) is 17.0 Å². The summed E-state index contributed by atoms with van der Waals surface area (Å²) in [6.45, 7) is 4.14. The highest BCUT2D eigenvalue weighted by Gasteiger charge is 2.21. The van der Waals surface area contributed by atoms with Gasteiger partial charge in [0.2, 0.25) is 0 Å². The highest BCUT2D eigenvalue weighted by Crippen LogP contribution is 2.16. The predicted octanol–water partition coefficient (Wildman–Crippen LogP) is 2.14. The second-order valence-corrected chi connectivity index (χ2v) is 5.78. The molecule has 0 radical (unpaired) electrons. The molecular formula is C14H18BrN3O3. The third kappa shape index (κ3) is 4.25. The van der Waals surface area contributed by atoms with E-state index in [-0.39, 0.29) is 11.6 Å². The molecule has 1 amide bonds. The van der Waals surface area contributed by atoms with Gasteiger partial charge in [-0.05, 0) is 19.0 Å². The van der Waals surface area contributed by atoms with Gasteiger partial charge in [-0.2, -0.15) is 0 Å². The Kier molecular flexibility index (Phi) is 5.69. The molecule has 21 heavy (non-hydrogen) atoms. The van der Waals surface area contributed by atoms with Gasteiger partial charge < -0.3 is 9.80 Å². The third-order valence-electron chi connectivity index (χ3n) is 3.58. The highest BCUT2D eigenvalue weighted by atomic mass is 79.9. The minimum atomic E-state index is -0.475. The van der Waals surface area contributed by atoms with Crippen LogP contribution in [0.3, 0.4) is 0 Å². The lowest BCUT2D eigenvalue weighted by atomic mass is 10.1. The van der Waals surface area contributed by atoms with Crippen molar-refractivity contribution in [3.8, 4) is 0 Å². The van der Waals surface area contributed by atoms with Crippen LogP contribution in [-0.4, -0.2) is 58.7 Å². The third-order valence-corrected chi connectivity index (χ3v) is 3.94. The van der Waals surface area contributed by atoms with Crippen LogP contribution in [0.4, 0.5) is 5.69 Å². The van der Waals surface area contributed by atoms with Crippen molar-refractivity contribution < 1.29 is 9.72 Å². The number of non-ortho nitro benzene ring substituents is 1. The van der Waals surface area contributed by atoms with Crippen LogP contribution in [0.5, 0.6) is 0 Å². The first kappa shape index (κ1) is 15.9. The van der Waals surface area contributed by atoms with Crippen LogP contribution in [0, 0.1) is 10.1 Å². The highest BCUT2D eigenvalue weighted by molar-refractivity contribution is 9.09. The van der Waals surface area contributed by atoms with Crippen molar-refractivity contribution in [2.24, 2.45) is 0 Å². The monoisotopic (exact) mass is 355 g/mol. The number of amides is 1. The van der Waals surface area contributed by atoms with E-state index in [1.165, 1.54) is 12.1 Å². The maximum atomic E-state index is 12.5. The lowest BCUT2D eigenvalue weighted by Crippen LogP contribution is -2.35. The number of halogens is 1. The zero-order valence-corrected chi connectivity index (χ0v) is 13.3. The summed E-state index contributed by atoms with van der Waals surface area (Å²) in [6, 6.07) is 5.94. The summed E-state index contributed by atoms with van der Waals surface area (Å²) < 4.78 is 0. The Balaban J connectivity index is 2.06. The molecule has 1 fully saturated rings. The molecular weight excluding hydrogens is 338 g/mol. The average molecular weight is 356 g/mol. The molecule has 1 heterocycles. The van der Waals surface area contributed by atoms with Crippen LogP contribution in [0.25, 0.3) is 0 Å². The molecule has 1 aliphatic rings. The number of nitro groups is 1. The van der Waals surface area contributed by atoms with Crippen molar-refractivity contribution in [2.75, 3.05) is 38.1 Å². The molecule has 1 aliphatic heterocycles. The summed E-state index contributed by atoms with van der Waals surface area (Å²) in [5, 5.41) is 11.7. The summed E-state index contributed by atoms with van der Waals surface area (Å²) in [6.07, 6.45) is 0.924. The fraction of sp³-hybridized carbons (Fsp3) is 0.500. The molecule has 1 aromatic rings. The van der Waals surface area contributed by atoms with E-state index in [1.807, 2.05) is 0 Å². The lowest BCUT2D eigenvalue weighted by Gasteiger charge is -2.21. The van der Waals surface area contributed by atoms with E-state index in [4.69, 9.17) is 0 Å². The van der Waals surface area contributed by atoms with Gasteiger partial charge in [-0.1, -0.05) is 22.0 Å². The number of hydrogen-bond donors (Lipinski definition) is 0. The molecule has 0 spiro atoms. The molecule has 0 saturated carbocycles. The largest absolute Gasteiger partial charge is 0.337 e. The van der Waals surface area contributed by atoms with E-state index >= 15 is 0 Å². The van der Waals surface area contributed by atoms with Crippen molar-refractivity contribution in [2.45, 2.75) is 6.42 Å². The maximum Gasteiger partial charge on any atom is 0.270 e. The summed E-state index contributed by atoms with van der Waals surface area (Å²) in [5.41, 5.74) is 0.342. The number of carbonyl (C=O) groups is 1. The van der Waals surface area contributed by atoms with Crippen molar-refractivity contribution in [3.63, 3.8) is 0 Å². The Morgan fingerprint density at radius 2 is 2.10 bits per heavy atom. The number of rotatable bonds is 4. The van der Waals surface area contributed by atoms with Crippen molar-refractivity contribution >= 4 is 27.5 Å². The van der Waals surface area contributed by atoms with Gasteiger partial charge in [0, 0.05) is 49.2 Å². The molecule has 6 nitrogen and oxygen atoms in total.